The summed E-state index contributed by atoms with van der Waals surface area (Å²) >= 11 is 0. The van der Waals surface area contributed by atoms with Crippen molar-refractivity contribution in [1.82, 2.24) is 5.32 Å². The van der Waals surface area contributed by atoms with E-state index in [1.807, 2.05) is 12.2 Å². The third-order valence-corrected chi connectivity index (χ3v) is 3.96. The van der Waals surface area contributed by atoms with Crippen molar-refractivity contribution in [2.75, 3.05) is 0 Å². The number of amides is 2. The molecule has 3 heteroatoms. The summed E-state index contributed by atoms with van der Waals surface area (Å²) in [6.45, 7) is 0. The smallest absolute Gasteiger partial charge is 0.237 e. The summed E-state index contributed by atoms with van der Waals surface area (Å²) in [5, 5.41) is 2.47. The molecule has 1 N–H and O–H groups in total. The predicted molar refractivity (Wildman–Crippen MR) is 45.6 cm³/mol. The van der Waals surface area contributed by atoms with Gasteiger partial charge in [0.15, 0.2) is 0 Å². The Labute approximate surface area is 76.2 Å². The molecule has 2 amide bonds. The van der Waals surface area contributed by atoms with Gasteiger partial charge in [0.2, 0.25) is 11.8 Å². The molecule has 2 unspecified atom stereocenters. The first kappa shape index (κ1) is 7.30. The third-order valence-electron chi connectivity index (χ3n) is 3.96. The van der Waals surface area contributed by atoms with Crippen LogP contribution in [0.1, 0.15) is 25.7 Å². The molecule has 1 saturated heterocycles. The Morgan fingerprint density at radius 3 is 2.85 bits per heavy atom. The molecule has 1 aliphatic heterocycles. The largest absolute Gasteiger partial charge is 0.295 e. The van der Waals surface area contributed by atoms with Gasteiger partial charge in [-0.15, -0.1) is 0 Å². The van der Waals surface area contributed by atoms with E-state index >= 15 is 0 Å². The standard InChI is InChI=1S/C10H11NO2/c12-7-9-3-1-4-10(9,6-2-5-9)8(13)11-7/h1,3H,2,4-6H2,(H,11,12,13). The zero-order valence-electron chi connectivity index (χ0n) is 7.30. The monoisotopic (exact) mass is 177 g/mol. The van der Waals surface area contributed by atoms with Gasteiger partial charge in [-0.3, -0.25) is 14.9 Å². The van der Waals surface area contributed by atoms with E-state index < -0.39 is 5.41 Å². The van der Waals surface area contributed by atoms with E-state index in [1.54, 1.807) is 0 Å². The van der Waals surface area contributed by atoms with E-state index in [4.69, 9.17) is 0 Å². The van der Waals surface area contributed by atoms with Crippen LogP contribution in [0.25, 0.3) is 0 Å². The summed E-state index contributed by atoms with van der Waals surface area (Å²) in [6, 6.07) is 0. The molecule has 0 aromatic carbocycles. The minimum Gasteiger partial charge on any atom is -0.295 e. The lowest BCUT2D eigenvalue weighted by atomic mass is 9.70. The van der Waals surface area contributed by atoms with Crippen molar-refractivity contribution in [2.24, 2.45) is 10.8 Å². The van der Waals surface area contributed by atoms with Crippen LogP contribution >= 0.6 is 0 Å². The maximum atomic E-state index is 11.7. The van der Waals surface area contributed by atoms with Crippen molar-refractivity contribution in [3.8, 4) is 0 Å². The molecule has 68 valence electrons. The summed E-state index contributed by atoms with van der Waals surface area (Å²) < 4.78 is 0. The van der Waals surface area contributed by atoms with Crippen molar-refractivity contribution >= 4 is 11.8 Å². The Kier molecular flexibility index (Phi) is 1.05. The second-order valence-electron chi connectivity index (χ2n) is 4.30. The quantitative estimate of drug-likeness (QED) is 0.438. The summed E-state index contributed by atoms with van der Waals surface area (Å²) in [7, 11) is 0. The van der Waals surface area contributed by atoms with Gasteiger partial charge in [-0.05, 0) is 19.3 Å². The maximum absolute atomic E-state index is 11.7. The zero-order valence-corrected chi connectivity index (χ0v) is 7.30. The fraction of sp³-hybridized carbons (Fsp3) is 0.600. The highest BCUT2D eigenvalue weighted by Crippen LogP contribution is 2.62. The summed E-state index contributed by atoms with van der Waals surface area (Å²) in [5.41, 5.74) is -0.839. The van der Waals surface area contributed by atoms with Gasteiger partial charge in [-0.2, -0.15) is 0 Å². The molecule has 3 aliphatic rings. The van der Waals surface area contributed by atoms with Crippen LogP contribution in [0.3, 0.4) is 0 Å². The van der Waals surface area contributed by atoms with E-state index in [9.17, 15) is 9.59 Å². The summed E-state index contributed by atoms with van der Waals surface area (Å²) in [6.07, 6.45) is 7.43. The fourth-order valence-electron chi connectivity index (χ4n) is 3.27. The average Bonchev–Trinajstić information content (AvgIpc) is 2.61. The van der Waals surface area contributed by atoms with Gasteiger partial charge in [0, 0.05) is 0 Å². The van der Waals surface area contributed by atoms with Crippen LogP contribution in [0.5, 0.6) is 0 Å². The summed E-state index contributed by atoms with van der Waals surface area (Å²) in [5.74, 6) is -0.108. The van der Waals surface area contributed by atoms with Crippen molar-refractivity contribution in [1.29, 1.82) is 0 Å². The molecule has 2 fully saturated rings. The molecular weight excluding hydrogens is 166 g/mol. The molecule has 0 bridgehead atoms. The van der Waals surface area contributed by atoms with Crippen molar-refractivity contribution in [3.05, 3.63) is 12.2 Å². The molecule has 0 spiro atoms. The van der Waals surface area contributed by atoms with Gasteiger partial charge in [0.1, 0.15) is 0 Å². The number of nitrogens with one attached hydrogen (secondary N) is 1. The molecular formula is C10H11NO2. The number of hydrogen-bond acceptors (Lipinski definition) is 2. The van der Waals surface area contributed by atoms with Crippen LogP contribution in [-0.4, -0.2) is 11.8 Å². The van der Waals surface area contributed by atoms with Crippen LogP contribution in [0, 0.1) is 10.8 Å². The molecule has 3 rings (SSSR count). The molecule has 1 heterocycles. The Balaban J connectivity index is 2.24. The van der Waals surface area contributed by atoms with Gasteiger partial charge < -0.3 is 0 Å². The van der Waals surface area contributed by atoms with E-state index in [2.05, 4.69) is 5.32 Å². The molecule has 2 atom stereocenters. The topological polar surface area (TPSA) is 46.2 Å². The van der Waals surface area contributed by atoms with E-state index in [1.165, 1.54) is 0 Å². The van der Waals surface area contributed by atoms with Crippen molar-refractivity contribution < 1.29 is 9.59 Å². The SMILES string of the molecule is O=C1NC(=O)C23CC=CC12CCC3. The average molecular weight is 177 g/mol. The molecule has 0 aromatic rings. The minimum absolute atomic E-state index is 0.0417. The zero-order chi connectivity index (χ0) is 9.10. The number of hydrogen-bond donors (Lipinski definition) is 1. The van der Waals surface area contributed by atoms with Gasteiger partial charge in [0.25, 0.3) is 0 Å². The van der Waals surface area contributed by atoms with Gasteiger partial charge in [-0.25, -0.2) is 0 Å². The third kappa shape index (κ3) is 0.539. The lowest BCUT2D eigenvalue weighted by molar-refractivity contribution is -0.128. The molecule has 13 heavy (non-hydrogen) atoms. The Morgan fingerprint density at radius 2 is 2.08 bits per heavy atom. The van der Waals surface area contributed by atoms with Gasteiger partial charge in [-0.1, -0.05) is 18.6 Å². The first-order chi connectivity index (χ1) is 6.21. The fourth-order valence-corrected chi connectivity index (χ4v) is 3.27. The Hall–Kier alpha value is -1.12. The molecule has 0 radical (unpaired) electrons. The van der Waals surface area contributed by atoms with E-state index in [0.29, 0.717) is 0 Å². The highest BCUT2D eigenvalue weighted by molar-refractivity contribution is 6.11. The normalized spacial score (nSPS) is 46.5. The molecule has 1 saturated carbocycles. The van der Waals surface area contributed by atoms with Crippen LogP contribution in [-0.2, 0) is 9.59 Å². The first-order valence-electron chi connectivity index (χ1n) is 4.75. The first-order valence-corrected chi connectivity index (χ1v) is 4.75. The highest BCUT2D eigenvalue weighted by Gasteiger charge is 2.68. The molecule has 2 aliphatic carbocycles. The highest BCUT2D eigenvalue weighted by atomic mass is 16.2. The van der Waals surface area contributed by atoms with Crippen LogP contribution in [0.15, 0.2) is 12.2 Å². The Morgan fingerprint density at radius 1 is 1.23 bits per heavy atom. The molecule has 3 nitrogen and oxygen atoms in total. The molecule has 0 aromatic heterocycles. The number of rotatable bonds is 0. The van der Waals surface area contributed by atoms with Crippen molar-refractivity contribution in [2.45, 2.75) is 25.7 Å². The second-order valence-corrected chi connectivity index (χ2v) is 4.30. The number of imide groups is 1. The number of allylic oxidation sites excluding steroid dienone is 1. The van der Waals surface area contributed by atoms with E-state index in [-0.39, 0.29) is 17.2 Å². The number of carbonyl (C=O) groups is 2. The van der Waals surface area contributed by atoms with Gasteiger partial charge >= 0.3 is 0 Å². The van der Waals surface area contributed by atoms with E-state index in [0.717, 1.165) is 25.7 Å². The lowest BCUT2D eigenvalue weighted by Gasteiger charge is -2.27. The van der Waals surface area contributed by atoms with Gasteiger partial charge in [0.05, 0.1) is 10.8 Å². The van der Waals surface area contributed by atoms with Crippen LogP contribution < -0.4 is 5.32 Å². The lowest BCUT2D eigenvalue weighted by Crippen LogP contribution is -2.35. The summed E-state index contributed by atoms with van der Waals surface area (Å²) in [4.78, 5) is 23.4. The van der Waals surface area contributed by atoms with Crippen LogP contribution in [0.4, 0.5) is 0 Å². The Bertz CT molecular complexity index is 347. The minimum atomic E-state index is -0.454. The number of carbonyl (C=O) groups excluding carboxylic acids is 2. The van der Waals surface area contributed by atoms with Crippen LogP contribution in [0.2, 0.25) is 0 Å². The van der Waals surface area contributed by atoms with Crippen molar-refractivity contribution in [3.63, 3.8) is 0 Å². The maximum Gasteiger partial charge on any atom is 0.237 e. The predicted octanol–water partition coefficient (Wildman–Crippen LogP) is 0.759. The second kappa shape index (κ2) is 1.86.